The summed E-state index contributed by atoms with van der Waals surface area (Å²) in [7, 11) is -5.23. The number of hydrogen-bond donors (Lipinski definition) is 2. The molecule has 178 valence electrons. The standard InChI is InChI=1S/C17H32F3N5O3S.HI/c1-3-21-16(22-12-14(2)24-8-10-28-11-9-24)23-13-15-4-6-25(7-5-15)29(26,27)17(18,19)20;/h14-15H,3-13H2,1-2H3,(H2,21,22,23);1H. The molecule has 0 aromatic carbocycles. The number of ether oxygens (including phenoxy) is 1. The maximum atomic E-state index is 12.7. The second kappa shape index (κ2) is 12.6. The topological polar surface area (TPSA) is 86.3 Å². The molecule has 0 saturated carbocycles. The second-order valence-electron chi connectivity index (χ2n) is 7.39. The summed E-state index contributed by atoms with van der Waals surface area (Å²) in [4.78, 5) is 6.94. The molecule has 2 fully saturated rings. The maximum Gasteiger partial charge on any atom is 0.511 e. The van der Waals surface area contributed by atoms with Gasteiger partial charge >= 0.3 is 15.5 Å². The van der Waals surface area contributed by atoms with Crippen molar-refractivity contribution in [3.8, 4) is 0 Å². The van der Waals surface area contributed by atoms with Crippen molar-refractivity contribution in [1.82, 2.24) is 19.8 Å². The Morgan fingerprint density at radius 1 is 1.17 bits per heavy atom. The van der Waals surface area contributed by atoms with Crippen LogP contribution in [0.25, 0.3) is 0 Å². The molecule has 2 aliphatic rings. The minimum absolute atomic E-state index is 0. The molecule has 2 heterocycles. The number of piperidine rings is 1. The molecule has 0 bridgehead atoms. The fraction of sp³-hybridized carbons (Fsp3) is 0.941. The van der Waals surface area contributed by atoms with Crippen molar-refractivity contribution in [1.29, 1.82) is 0 Å². The smallest absolute Gasteiger partial charge is 0.379 e. The van der Waals surface area contributed by atoms with Gasteiger partial charge < -0.3 is 15.4 Å². The van der Waals surface area contributed by atoms with E-state index in [0.29, 0.717) is 42.7 Å². The highest BCUT2D eigenvalue weighted by Crippen LogP contribution is 2.30. The van der Waals surface area contributed by atoms with Crippen LogP contribution in [0.3, 0.4) is 0 Å². The van der Waals surface area contributed by atoms with E-state index in [1.807, 2.05) is 6.92 Å². The van der Waals surface area contributed by atoms with Gasteiger partial charge in [0.15, 0.2) is 5.96 Å². The molecular formula is C17H33F3IN5O3S. The third-order valence-corrected chi connectivity index (χ3v) is 6.92. The highest BCUT2D eigenvalue weighted by molar-refractivity contribution is 14.0. The lowest BCUT2D eigenvalue weighted by atomic mass is 9.98. The third-order valence-electron chi connectivity index (χ3n) is 5.29. The first kappa shape index (κ1) is 27.7. The van der Waals surface area contributed by atoms with Crippen LogP contribution in [0.2, 0.25) is 0 Å². The molecule has 0 aromatic heterocycles. The molecule has 0 aromatic rings. The largest absolute Gasteiger partial charge is 0.511 e. The molecule has 0 aliphatic carbocycles. The molecule has 2 aliphatic heterocycles. The first-order valence-electron chi connectivity index (χ1n) is 10.1. The fourth-order valence-corrected chi connectivity index (χ4v) is 4.42. The SMILES string of the molecule is CCNC(=NCC(C)N1CCOCC1)NCC1CCN(S(=O)(=O)C(F)(F)F)CC1.I. The van der Waals surface area contributed by atoms with E-state index in [0.717, 1.165) is 26.3 Å². The molecule has 1 unspecified atom stereocenters. The van der Waals surface area contributed by atoms with E-state index < -0.39 is 15.5 Å². The van der Waals surface area contributed by atoms with Crippen LogP contribution in [0.15, 0.2) is 4.99 Å². The number of nitrogens with one attached hydrogen (secondary N) is 2. The van der Waals surface area contributed by atoms with Crippen molar-refractivity contribution < 1.29 is 26.3 Å². The summed E-state index contributed by atoms with van der Waals surface area (Å²) in [5.41, 5.74) is -5.24. The highest BCUT2D eigenvalue weighted by Gasteiger charge is 2.50. The molecule has 2 N–H and O–H groups in total. The normalized spacial score (nSPS) is 21.7. The predicted molar refractivity (Wildman–Crippen MR) is 121 cm³/mol. The van der Waals surface area contributed by atoms with Crippen molar-refractivity contribution in [2.45, 2.75) is 38.2 Å². The van der Waals surface area contributed by atoms with Gasteiger partial charge in [0, 0.05) is 45.3 Å². The van der Waals surface area contributed by atoms with Crippen LogP contribution in [0.1, 0.15) is 26.7 Å². The Morgan fingerprint density at radius 2 is 1.77 bits per heavy atom. The highest BCUT2D eigenvalue weighted by atomic mass is 127. The zero-order chi connectivity index (χ0) is 21.5. The average Bonchev–Trinajstić information content (AvgIpc) is 2.70. The first-order valence-corrected chi connectivity index (χ1v) is 11.5. The number of halogens is 4. The minimum Gasteiger partial charge on any atom is -0.379 e. The van der Waals surface area contributed by atoms with E-state index in [1.54, 1.807) is 0 Å². The fourth-order valence-electron chi connectivity index (χ4n) is 3.44. The minimum atomic E-state index is -5.24. The summed E-state index contributed by atoms with van der Waals surface area (Å²) in [6.45, 7) is 8.95. The van der Waals surface area contributed by atoms with Crippen molar-refractivity contribution in [2.24, 2.45) is 10.9 Å². The lowest BCUT2D eigenvalue weighted by molar-refractivity contribution is -0.0496. The van der Waals surface area contributed by atoms with Gasteiger partial charge in [0.1, 0.15) is 0 Å². The maximum absolute atomic E-state index is 12.7. The van der Waals surface area contributed by atoms with E-state index >= 15 is 0 Å². The van der Waals surface area contributed by atoms with Crippen molar-refractivity contribution in [3.05, 3.63) is 0 Å². The van der Waals surface area contributed by atoms with Crippen molar-refractivity contribution >= 4 is 40.0 Å². The Kier molecular flexibility index (Phi) is 11.6. The number of sulfonamides is 1. The van der Waals surface area contributed by atoms with Crippen molar-refractivity contribution in [3.63, 3.8) is 0 Å². The van der Waals surface area contributed by atoms with Crippen LogP contribution in [0.4, 0.5) is 13.2 Å². The van der Waals surface area contributed by atoms with Gasteiger partial charge in [-0.15, -0.1) is 24.0 Å². The Bertz CT molecular complexity index is 637. The van der Waals surface area contributed by atoms with Crippen molar-refractivity contribution in [2.75, 3.05) is 59.0 Å². The molecule has 1 atom stereocenters. The number of aliphatic imine (C=N–C) groups is 1. The zero-order valence-corrected chi connectivity index (χ0v) is 20.6. The first-order chi connectivity index (χ1) is 13.6. The summed E-state index contributed by atoms with van der Waals surface area (Å²) in [5, 5.41) is 6.41. The van der Waals surface area contributed by atoms with Crippen LogP contribution in [0, 0.1) is 5.92 Å². The number of nitrogens with zero attached hydrogens (tertiary/aromatic N) is 3. The lowest BCUT2D eigenvalue weighted by Gasteiger charge is -2.32. The van der Waals surface area contributed by atoms with E-state index in [1.165, 1.54) is 0 Å². The molecule has 8 nitrogen and oxygen atoms in total. The van der Waals surface area contributed by atoms with Gasteiger partial charge in [-0.1, -0.05) is 0 Å². The van der Waals surface area contributed by atoms with Gasteiger partial charge in [-0.3, -0.25) is 9.89 Å². The van der Waals surface area contributed by atoms with Gasteiger partial charge in [0.25, 0.3) is 0 Å². The van der Waals surface area contributed by atoms with E-state index in [4.69, 9.17) is 4.74 Å². The molecule has 30 heavy (non-hydrogen) atoms. The summed E-state index contributed by atoms with van der Waals surface area (Å²) in [6.07, 6.45) is 0.762. The second-order valence-corrected chi connectivity index (χ2v) is 9.32. The van der Waals surface area contributed by atoms with E-state index in [9.17, 15) is 21.6 Å². The molecule has 0 spiro atoms. The zero-order valence-electron chi connectivity index (χ0n) is 17.4. The Morgan fingerprint density at radius 3 is 2.30 bits per heavy atom. The average molecular weight is 571 g/mol. The molecule has 0 radical (unpaired) electrons. The van der Waals surface area contributed by atoms with E-state index in [-0.39, 0.29) is 49.0 Å². The number of rotatable bonds is 7. The van der Waals surface area contributed by atoms with Crippen LogP contribution in [-0.4, -0.2) is 94.2 Å². The lowest BCUT2D eigenvalue weighted by Crippen LogP contribution is -2.47. The number of morpholine rings is 1. The van der Waals surface area contributed by atoms with Gasteiger partial charge in [-0.25, -0.2) is 8.42 Å². The summed E-state index contributed by atoms with van der Waals surface area (Å²) >= 11 is 0. The molecule has 2 saturated heterocycles. The molecule has 0 amide bonds. The quantitative estimate of drug-likeness (QED) is 0.274. The number of alkyl halides is 3. The van der Waals surface area contributed by atoms with Crippen LogP contribution in [0.5, 0.6) is 0 Å². The number of guanidine groups is 1. The van der Waals surface area contributed by atoms with Crippen LogP contribution in [-0.2, 0) is 14.8 Å². The summed E-state index contributed by atoms with van der Waals surface area (Å²) < 4.78 is 66.9. The molecule has 2 rings (SSSR count). The predicted octanol–water partition coefficient (Wildman–Crippen LogP) is 1.44. The Labute approximate surface area is 194 Å². The van der Waals surface area contributed by atoms with E-state index in [2.05, 4.69) is 27.4 Å². The third kappa shape index (κ3) is 7.95. The molecule has 13 heteroatoms. The van der Waals surface area contributed by atoms with Crippen LogP contribution < -0.4 is 10.6 Å². The molecular weight excluding hydrogens is 538 g/mol. The summed E-state index contributed by atoms with van der Waals surface area (Å²) in [6, 6.07) is 0.283. The Hall–Kier alpha value is -0.380. The Balaban J connectivity index is 0.00000450. The van der Waals surface area contributed by atoms with Crippen LogP contribution >= 0.6 is 24.0 Å². The monoisotopic (exact) mass is 571 g/mol. The van der Waals surface area contributed by atoms with Gasteiger partial charge in [-0.05, 0) is 32.6 Å². The number of hydrogen-bond acceptors (Lipinski definition) is 5. The summed E-state index contributed by atoms with van der Waals surface area (Å²) in [5.74, 6) is 0.758. The van der Waals surface area contributed by atoms with Gasteiger partial charge in [-0.2, -0.15) is 17.5 Å². The van der Waals surface area contributed by atoms with Gasteiger partial charge in [0.2, 0.25) is 0 Å². The van der Waals surface area contributed by atoms with Gasteiger partial charge in [0.05, 0.1) is 19.8 Å².